The number of rotatable bonds is 3. The Morgan fingerprint density at radius 2 is 2.12 bits per heavy atom. The zero-order valence-electron chi connectivity index (χ0n) is 8.51. The van der Waals surface area contributed by atoms with Crippen LogP contribution in [-0.4, -0.2) is 18.4 Å². The van der Waals surface area contributed by atoms with Gasteiger partial charge in [0.25, 0.3) is 0 Å². The van der Waals surface area contributed by atoms with Gasteiger partial charge in [-0.1, -0.05) is 15.9 Å². The molecule has 0 aliphatic heterocycles. The average Bonchev–Trinajstić information content (AvgIpc) is 2.19. The summed E-state index contributed by atoms with van der Waals surface area (Å²) in [7, 11) is 0. The Hall–Kier alpha value is -1.43. The van der Waals surface area contributed by atoms with Crippen LogP contribution in [0.25, 0.3) is 0 Å². The van der Waals surface area contributed by atoms with E-state index < -0.39 is 11.7 Å². The molecule has 0 aliphatic rings. The van der Waals surface area contributed by atoms with Crippen molar-refractivity contribution in [2.75, 3.05) is 11.9 Å². The first-order valence-electron chi connectivity index (χ1n) is 4.48. The fourth-order valence-electron chi connectivity index (χ4n) is 0.990. The van der Waals surface area contributed by atoms with E-state index in [1.165, 1.54) is 19.1 Å². The molecular formula is C10H10BrFN2O2. The standard InChI is InChI=1S/C10H10BrFN2O2/c1-6(15)13-5-10(16)14-9-3-2-7(11)4-8(9)12/h2-4H,5H2,1H3,(H,13,15)(H,14,16). The van der Waals surface area contributed by atoms with Crippen LogP contribution in [0, 0.1) is 5.82 Å². The lowest BCUT2D eigenvalue weighted by molar-refractivity contribution is -0.122. The van der Waals surface area contributed by atoms with Crippen molar-refractivity contribution >= 4 is 33.4 Å². The number of halogens is 2. The number of nitrogens with one attached hydrogen (secondary N) is 2. The Morgan fingerprint density at radius 3 is 2.69 bits per heavy atom. The van der Waals surface area contributed by atoms with Crippen LogP contribution in [0.5, 0.6) is 0 Å². The highest BCUT2D eigenvalue weighted by molar-refractivity contribution is 9.10. The Morgan fingerprint density at radius 1 is 1.44 bits per heavy atom. The van der Waals surface area contributed by atoms with Crippen LogP contribution in [-0.2, 0) is 9.59 Å². The Bertz CT molecular complexity index is 423. The van der Waals surface area contributed by atoms with Gasteiger partial charge < -0.3 is 10.6 Å². The molecule has 0 heterocycles. The van der Waals surface area contributed by atoms with Crippen LogP contribution in [0.2, 0.25) is 0 Å². The van der Waals surface area contributed by atoms with Crippen molar-refractivity contribution in [3.05, 3.63) is 28.5 Å². The number of amides is 2. The summed E-state index contributed by atoms with van der Waals surface area (Å²) in [4.78, 5) is 21.8. The van der Waals surface area contributed by atoms with Crippen LogP contribution in [0.15, 0.2) is 22.7 Å². The van der Waals surface area contributed by atoms with Gasteiger partial charge in [0.2, 0.25) is 11.8 Å². The van der Waals surface area contributed by atoms with E-state index in [4.69, 9.17) is 0 Å². The molecule has 0 saturated heterocycles. The minimum absolute atomic E-state index is 0.0820. The quantitative estimate of drug-likeness (QED) is 0.889. The molecule has 4 nitrogen and oxygen atoms in total. The van der Waals surface area contributed by atoms with E-state index in [-0.39, 0.29) is 18.1 Å². The molecule has 0 spiro atoms. The lowest BCUT2D eigenvalue weighted by Crippen LogP contribution is -2.31. The third-order valence-electron chi connectivity index (χ3n) is 1.70. The number of anilines is 1. The summed E-state index contributed by atoms with van der Waals surface area (Å²) in [6.45, 7) is 1.12. The number of hydrogen-bond donors (Lipinski definition) is 2. The SMILES string of the molecule is CC(=O)NCC(=O)Nc1ccc(Br)cc1F. The first-order chi connectivity index (χ1) is 7.49. The first kappa shape index (κ1) is 12.6. The molecule has 16 heavy (non-hydrogen) atoms. The maximum Gasteiger partial charge on any atom is 0.243 e. The smallest absolute Gasteiger partial charge is 0.243 e. The van der Waals surface area contributed by atoms with Gasteiger partial charge in [-0.15, -0.1) is 0 Å². The molecule has 2 N–H and O–H groups in total. The van der Waals surface area contributed by atoms with Crippen LogP contribution in [0.1, 0.15) is 6.92 Å². The van der Waals surface area contributed by atoms with Gasteiger partial charge in [0, 0.05) is 11.4 Å². The van der Waals surface area contributed by atoms with E-state index >= 15 is 0 Å². The fraction of sp³-hybridized carbons (Fsp3) is 0.200. The second-order valence-electron chi connectivity index (χ2n) is 3.08. The van der Waals surface area contributed by atoms with Crippen LogP contribution in [0.3, 0.4) is 0 Å². The van der Waals surface area contributed by atoms with E-state index in [2.05, 4.69) is 26.6 Å². The minimum Gasteiger partial charge on any atom is -0.347 e. The van der Waals surface area contributed by atoms with Gasteiger partial charge >= 0.3 is 0 Å². The molecule has 2 amide bonds. The van der Waals surface area contributed by atoms with Crippen LogP contribution < -0.4 is 10.6 Å². The second-order valence-corrected chi connectivity index (χ2v) is 4.00. The molecule has 0 aliphatic carbocycles. The Labute approximate surface area is 100 Å². The molecule has 0 bridgehead atoms. The van der Waals surface area contributed by atoms with Crippen molar-refractivity contribution in [2.45, 2.75) is 6.92 Å². The summed E-state index contributed by atoms with van der Waals surface area (Å²) in [6, 6.07) is 4.29. The third kappa shape index (κ3) is 3.98. The lowest BCUT2D eigenvalue weighted by Gasteiger charge is -2.06. The van der Waals surface area contributed by atoms with Gasteiger partial charge in [0.15, 0.2) is 0 Å². The van der Waals surface area contributed by atoms with Gasteiger partial charge in [-0.3, -0.25) is 9.59 Å². The van der Waals surface area contributed by atoms with Crippen molar-refractivity contribution < 1.29 is 14.0 Å². The molecule has 0 aromatic heterocycles. The summed E-state index contributed by atoms with van der Waals surface area (Å²) in [5, 5.41) is 4.66. The molecule has 1 aromatic carbocycles. The molecule has 0 unspecified atom stereocenters. The molecular weight excluding hydrogens is 279 g/mol. The topological polar surface area (TPSA) is 58.2 Å². The second kappa shape index (κ2) is 5.60. The van der Waals surface area contributed by atoms with E-state index in [1.807, 2.05) is 0 Å². The molecule has 0 radical (unpaired) electrons. The number of carbonyl (C=O) groups excluding carboxylic acids is 2. The van der Waals surface area contributed by atoms with Crippen molar-refractivity contribution in [3.8, 4) is 0 Å². The van der Waals surface area contributed by atoms with E-state index in [1.54, 1.807) is 6.07 Å². The summed E-state index contributed by atoms with van der Waals surface area (Å²) in [5.41, 5.74) is 0.0820. The summed E-state index contributed by atoms with van der Waals surface area (Å²) in [6.07, 6.45) is 0. The summed E-state index contributed by atoms with van der Waals surface area (Å²) < 4.78 is 13.9. The van der Waals surface area contributed by atoms with Gasteiger partial charge in [0.05, 0.1) is 12.2 Å². The van der Waals surface area contributed by atoms with Crippen molar-refractivity contribution in [2.24, 2.45) is 0 Å². The van der Waals surface area contributed by atoms with Crippen LogP contribution >= 0.6 is 15.9 Å². The maximum absolute atomic E-state index is 13.3. The van der Waals surface area contributed by atoms with E-state index in [0.29, 0.717) is 4.47 Å². The Balaban J connectivity index is 2.59. The van der Waals surface area contributed by atoms with E-state index in [9.17, 15) is 14.0 Å². The molecule has 0 saturated carbocycles. The van der Waals surface area contributed by atoms with Crippen molar-refractivity contribution in [1.82, 2.24) is 5.32 Å². The Kier molecular flexibility index (Phi) is 4.42. The monoisotopic (exact) mass is 288 g/mol. The van der Waals surface area contributed by atoms with Crippen LogP contribution in [0.4, 0.5) is 10.1 Å². The third-order valence-corrected chi connectivity index (χ3v) is 2.20. The summed E-state index contributed by atoms with van der Waals surface area (Å²) >= 11 is 3.10. The number of benzene rings is 1. The first-order valence-corrected chi connectivity index (χ1v) is 5.27. The molecule has 0 atom stereocenters. The van der Waals surface area contributed by atoms with Gasteiger partial charge in [-0.05, 0) is 18.2 Å². The van der Waals surface area contributed by atoms with Gasteiger partial charge in [-0.25, -0.2) is 4.39 Å². The number of hydrogen-bond acceptors (Lipinski definition) is 2. The predicted molar refractivity (Wildman–Crippen MR) is 61.4 cm³/mol. The maximum atomic E-state index is 13.3. The lowest BCUT2D eigenvalue weighted by atomic mass is 10.3. The molecule has 6 heteroatoms. The zero-order chi connectivity index (χ0) is 12.1. The van der Waals surface area contributed by atoms with E-state index in [0.717, 1.165) is 0 Å². The molecule has 1 aromatic rings. The minimum atomic E-state index is -0.537. The molecule has 0 fully saturated rings. The predicted octanol–water partition coefficient (Wildman–Crippen LogP) is 1.66. The van der Waals surface area contributed by atoms with Crippen molar-refractivity contribution in [1.29, 1.82) is 0 Å². The highest BCUT2D eigenvalue weighted by Crippen LogP contribution is 2.18. The highest BCUT2D eigenvalue weighted by Gasteiger charge is 2.07. The normalized spacial score (nSPS) is 9.69. The summed E-state index contributed by atoms with van der Waals surface area (Å²) in [5.74, 6) is -1.33. The van der Waals surface area contributed by atoms with Gasteiger partial charge in [-0.2, -0.15) is 0 Å². The molecule has 1 rings (SSSR count). The largest absolute Gasteiger partial charge is 0.347 e. The zero-order valence-corrected chi connectivity index (χ0v) is 10.1. The molecule has 86 valence electrons. The highest BCUT2D eigenvalue weighted by atomic mass is 79.9. The average molecular weight is 289 g/mol. The fourth-order valence-corrected chi connectivity index (χ4v) is 1.32. The van der Waals surface area contributed by atoms with Crippen molar-refractivity contribution in [3.63, 3.8) is 0 Å². The van der Waals surface area contributed by atoms with Gasteiger partial charge in [0.1, 0.15) is 5.82 Å². The number of carbonyl (C=O) groups is 2.